The van der Waals surface area contributed by atoms with Gasteiger partial charge in [0.05, 0.1) is 11.9 Å². The number of nitrogens with one attached hydrogen (secondary N) is 2. The first-order valence-electron chi connectivity index (χ1n) is 8.79. The molecule has 8 heteroatoms. The molecule has 4 rings (SSSR count). The van der Waals surface area contributed by atoms with Crippen molar-refractivity contribution in [2.24, 2.45) is 0 Å². The van der Waals surface area contributed by atoms with Crippen molar-refractivity contribution in [3.05, 3.63) is 62.1 Å². The predicted octanol–water partition coefficient (Wildman–Crippen LogP) is 3.51. The largest absolute Gasteiger partial charge is 0.342 e. The van der Waals surface area contributed by atoms with Gasteiger partial charge in [0.1, 0.15) is 5.82 Å². The Kier molecular flexibility index (Phi) is 4.93. The second kappa shape index (κ2) is 7.37. The van der Waals surface area contributed by atoms with E-state index in [9.17, 15) is 9.59 Å². The van der Waals surface area contributed by atoms with E-state index < -0.39 is 0 Å². The van der Waals surface area contributed by atoms with E-state index in [1.54, 1.807) is 24.3 Å². The highest BCUT2D eigenvalue weighted by molar-refractivity contribution is 6.34. The molecule has 1 fully saturated rings. The van der Waals surface area contributed by atoms with Crippen molar-refractivity contribution in [3.8, 4) is 0 Å². The van der Waals surface area contributed by atoms with Gasteiger partial charge in [-0.05, 0) is 42.7 Å². The maximum absolute atomic E-state index is 12.7. The molecule has 3 heterocycles. The molecule has 6 nitrogen and oxygen atoms in total. The highest BCUT2D eigenvalue weighted by Crippen LogP contribution is 2.27. The smallest absolute Gasteiger partial charge is 0.249 e. The fourth-order valence-electron chi connectivity index (χ4n) is 3.56. The lowest BCUT2D eigenvalue weighted by atomic mass is 9.96. The number of hydrogen-bond acceptors (Lipinski definition) is 3. The lowest BCUT2D eigenvalue weighted by Crippen LogP contribution is -2.40. The van der Waals surface area contributed by atoms with Crippen molar-refractivity contribution in [1.82, 2.24) is 19.9 Å². The summed E-state index contributed by atoms with van der Waals surface area (Å²) >= 11 is 12.1. The standard InChI is InChI=1S/C19H18Cl2N4O2/c20-13-6-11(7-14(21)9-13)8-17(27)25-5-1-2-12(10-25)18-22-15-3-4-16(26)23-19(15)24-18/h3-4,6-7,9,12H,1-2,5,8,10H2,(H2,22,23,24,26). The maximum Gasteiger partial charge on any atom is 0.249 e. The number of amides is 1. The second-order valence-electron chi connectivity index (χ2n) is 6.84. The molecule has 1 aliphatic heterocycles. The van der Waals surface area contributed by atoms with Gasteiger partial charge >= 0.3 is 0 Å². The molecular formula is C19H18Cl2N4O2. The number of piperidine rings is 1. The van der Waals surface area contributed by atoms with Gasteiger partial charge in [0.25, 0.3) is 0 Å². The third-order valence-electron chi connectivity index (χ3n) is 4.83. The number of benzene rings is 1. The number of H-pyrrole nitrogens is 2. The number of carbonyl (C=O) groups is 1. The van der Waals surface area contributed by atoms with Crippen LogP contribution in [0.15, 0.2) is 35.1 Å². The molecule has 3 aromatic rings. The van der Waals surface area contributed by atoms with Crippen molar-refractivity contribution < 1.29 is 4.79 Å². The Balaban J connectivity index is 1.49. The fourth-order valence-corrected chi connectivity index (χ4v) is 4.13. The van der Waals surface area contributed by atoms with Crippen LogP contribution in [-0.2, 0) is 11.2 Å². The van der Waals surface area contributed by atoms with Crippen LogP contribution in [-0.4, -0.2) is 38.8 Å². The van der Waals surface area contributed by atoms with Crippen LogP contribution in [0.1, 0.15) is 30.1 Å². The molecule has 1 atom stereocenters. The van der Waals surface area contributed by atoms with Crippen LogP contribution < -0.4 is 5.56 Å². The van der Waals surface area contributed by atoms with Gasteiger partial charge in [-0.3, -0.25) is 9.59 Å². The molecule has 2 aromatic heterocycles. The number of hydrogen-bond donors (Lipinski definition) is 2. The Morgan fingerprint density at radius 2 is 1.96 bits per heavy atom. The van der Waals surface area contributed by atoms with E-state index in [0.29, 0.717) is 22.2 Å². The summed E-state index contributed by atoms with van der Waals surface area (Å²) in [6.45, 7) is 1.32. The molecule has 0 spiro atoms. The molecule has 0 radical (unpaired) electrons. The first-order valence-corrected chi connectivity index (χ1v) is 9.55. The van der Waals surface area contributed by atoms with Crippen LogP contribution in [0.2, 0.25) is 10.0 Å². The average molecular weight is 405 g/mol. The third-order valence-corrected chi connectivity index (χ3v) is 5.27. The van der Waals surface area contributed by atoms with Gasteiger partial charge in [0, 0.05) is 35.1 Å². The predicted molar refractivity (Wildman–Crippen MR) is 105 cm³/mol. The maximum atomic E-state index is 12.7. The van der Waals surface area contributed by atoms with Crippen LogP contribution in [0.5, 0.6) is 0 Å². The number of halogens is 2. The van der Waals surface area contributed by atoms with E-state index in [4.69, 9.17) is 23.2 Å². The number of pyridine rings is 1. The summed E-state index contributed by atoms with van der Waals surface area (Å²) in [6.07, 6.45) is 2.11. The number of likely N-dealkylation sites (tertiary alicyclic amines) is 1. The van der Waals surface area contributed by atoms with E-state index in [-0.39, 0.29) is 23.8 Å². The van der Waals surface area contributed by atoms with Crippen molar-refractivity contribution in [2.75, 3.05) is 13.1 Å². The van der Waals surface area contributed by atoms with Crippen LogP contribution in [0.4, 0.5) is 0 Å². The minimum Gasteiger partial charge on any atom is -0.342 e. The van der Waals surface area contributed by atoms with Crippen molar-refractivity contribution in [2.45, 2.75) is 25.2 Å². The molecule has 1 unspecified atom stereocenters. The second-order valence-corrected chi connectivity index (χ2v) is 7.71. The molecule has 1 amide bonds. The zero-order chi connectivity index (χ0) is 19.0. The van der Waals surface area contributed by atoms with Gasteiger partial charge in [0.15, 0.2) is 5.65 Å². The van der Waals surface area contributed by atoms with Crippen molar-refractivity contribution >= 4 is 40.3 Å². The van der Waals surface area contributed by atoms with Gasteiger partial charge in [-0.25, -0.2) is 4.98 Å². The number of fused-ring (bicyclic) bond motifs is 1. The van der Waals surface area contributed by atoms with Crippen LogP contribution >= 0.6 is 23.2 Å². The normalized spacial score (nSPS) is 17.4. The average Bonchev–Trinajstić information content (AvgIpc) is 3.04. The van der Waals surface area contributed by atoms with E-state index in [1.165, 1.54) is 6.07 Å². The monoisotopic (exact) mass is 404 g/mol. The number of aromatic nitrogens is 3. The molecule has 0 saturated carbocycles. The Bertz CT molecular complexity index is 1040. The highest BCUT2D eigenvalue weighted by Gasteiger charge is 2.27. The summed E-state index contributed by atoms with van der Waals surface area (Å²) in [4.78, 5) is 36.6. The van der Waals surface area contributed by atoms with E-state index >= 15 is 0 Å². The minimum atomic E-state index is -0.179. The number of nitrogens with zero attached hydrogens (tertiary/aromatic N) is 2. The summed E-state index contributed by atoms with van der Waals surface area (Å²) in [5.41, 5.74) is 1.97. The minimum absolute atomic E-state index is 0.0440. The van der Waals surface area contributed by atoms with Gasteiger partial charge in [-0.2, -0.15) is 0 Å². The van der Waals surface area contributed by atoms with Gasteiger partial charge in [-0.15, -0.1) is 0 Å². The van der Waals surface area contributed by atoms with Crippen LogP contribution in [0.3, 0.4) is 0 Å². The first-order chi connectivity index (χ1) is 13.0. The number of aromatic amines is 2. The van der Waals surface area contributed by atoms with Crippen molar-refractivity contribution in [3.63, 3.8) is 0 Å². The van der Waals surface area contributed by atoms with Crippen LogP contribution in [0, 0.1) is 0 Å². The number of imidazole rings is 1. The zero-order valence-corrected chi connectivity index (χ0v) is 16.0. The summed E-state index contributed by atoms with van der Waals surface area (Å²) < 4.78 is 0. The molecule has 1 saturated heterocycles. The first kappa shape index (κ1) is 18.1. The molecule has 1 aliphatic rings. The zero-order valence-electron chi connectivity index (χ0n) is 14.5. The van der Waals surface area contributed by atoms with Gasteiger partial charge in [-0.1, -0.05) is 23.2 Å². The summed E-state index contributed by atoms with van der Waals surface area (Å²) in [5.74, 6) is 0.958. The quantitative estimate of drug-likeness (QED) is 0.700. The Labute approximate surface area is 165 Å². The SMILES string of the molecule is O=C(Cc1cc(Cl)cc(Cl)c1)N1CCCC(c2nc3[nH]c(=O)ccc3[nH]2)C1. The molecule has 140 valence electrons. The fraction of sp³-hybridized carbons (Fsp3) is 0.316. The Hall–Kier alpha value is -2.31. The Morgan fingerprint density at radius 1 is 1.19 bits per heavy atom. The molecule has 0 bridgehead atoms. The lowest BCUT2D eigenvalue weighted by Gasteiger charge is -2.32. The summed E-state index contributed by atoms with van der Waals surface area (Å²) in [6, 6.07) is 8.38. The van der Waals surface area contributed by atoms with Crippen LogP contribution in [0.25, 0.3) is 11.2 Å². The Morgan fingerprint density at radius 3 is 2.74 bits per heavy atom. The van der Waals surface area contributed by atoms with Gasteiger partial charge in [0.2, 0.25) is 11.5 Å². The summed E-state index contributed by atoms with van der Waals surface area (Å²) in [5, 5.41) is 1.05. The van der Waals surface area contributed by atoms with E-state index in [0.717, 1.165) is 36.3 Å². The molecule has 0 aliphatic carbocycles. The third kappa shape index (κ3) is 4.01. The summed E-state index contributed by atoms with van der Waals surface area (Å²) in [7, 11) is 0. The number of carbonyl (C=O) groups excluding carboxylic acids is 1. The number of rotatable bonds is 3. The van der Waals surface area contributed by atoms with E-state index in [2.05, 4.69) is 15.0 Å². The topological polar surface area (TPSA) is 81.8 Å². The van der Waals surface area contributed by atoms with Gasteiger partial charge < -0.3 is 14.9 Å². The molecule has 2 N–H and O–H groups in total. The molecule has 1 aromatic carbocycles. The molecular weight excluding hydrogens is 387 g/mol. The molecule has 27 heavy (non-hydrogen) atoms. The van der Waals surface area contributed by atoms with Crippen molar-refractivity contribution in [1.29, 1.82) is 0 Å². The lowest BCUT2D eigenvalue weighted by molar-refractivity contribution is -0.131. The highest BCUT2D eigenvalue weighted by atomic mass is 35.5. The van der Waals surface area contributed by atoms with E-state index in [1.807, 2.05) is 4.90 Å².